The van der Waals surface area contributed by atoms with Gasteiger partial charge in [-0.1, -0.05) is 42.5 Å². The third kappa shape index (κ3) is 4.10. The molecule has 31 heavy (non-hydrogen) atoms. The molecule has 3 amide bonds. The molecule has 1 heterocycles. The van der Waals surface area contributed by atoms with Crippen molar-refractivity contribution in [3.8, 4) is 16.9 Å². The van der Waals surface area contributed by atoms with Crippen LogP contribution in [0.15, 0.2) is 60.7 Å². The number of carbonyl (C=O) groups is 2. The van der Waals surface area contributed by atoms with Crippen molar-refractivity contribution >= 4 is 32.8 Å². The molecule has 160 valence electrons. The zero-order valence-electron chi connectivity index (χ0n) is 16.7. The van der Waals surface area contributed by atoms with Gasteiger partial charge in [0.1, 0.15) is 17.4 Å². The average Bonchev–Trinajstić information content (AvgIpc) is 2.98. The molecule has 0 radical (unpaired) electrons. The first-order valence-corrected chi connectivity index (χ1v) is 11.2. The standard InChI is InChI=1S/C22H20N2O6S/c1-22(20(26)23-21(27)24-22)19(25)14-5-3-13(4-6-14)15-7-8-17-12-18(30-31(2,28)29)10-9-16(17)11-15/h3-12,19,25H,1-2H3,(H2,23,24,26,27). The minimum absolute atomic E-state index is 0.248. The first-order chi connectivity index (χ1) is 14.5. The van der Waals surface area contributed by atoms with Gasteiger partial charge in [-0.3, -0.25) is 10.1 Å². The Labute approximate surface area is 179 Å². The molecule has 0 spiro atoms. The fraction of sp³-hybridized carbons (Fsp3) is 0.182. The van der Waals surface area contributed by atoms with Crippen molar-refractivity contribution in [2.45, 2.75) is 18.6 Å². The number of benzene rings is 3. The molecule has 0 bridgehead atoms. The van der Waals surface area contributed by atoms with E-state index in [1.54, 1.807) is 30.3 Å². The van der Waals surface area contributed by atoms with Crippen LogP contribution in [0.5, 0.6) is 5.75 Å². The molecule has 4 rings (SSSR count). The number of aliphatic hydroxyl groups is 1. The highest BCUT2D eigenvalue weighted by Crippen LogP contribution is 2.31. The van der Waals surface area contributed by atoms with Gasteiger partial charge in [0.25, 0.3) is 5.91 Å². The molecule has 3 N–H and O–H groups in total. The smallest absolute Gasteiger partial charge is 0.322 e. The Morgan fingerprint density at radius 3 is 2.16 bits per heavy atom. The van der Waals surface area contributed by atoms with E-state index < -0.39 is 33.7 Å². The molecule has 1 fully saturated rings. The number of hydrogen-bond donors (Lipinski definition) is 3. The summed E-state index contributed by atoms with van der Waals surface area (Å²) in [5, 5.41) is 17.0. The molecule has 2 atom stereocenters. The summed E-state index contributed by atoms with van der Waals surface area (Å²) in [5.41, 5.74) is 0.864. The normalized spacial score (nSPS) is 19.7. The number of nitrogens with one attached hydrogen (secondary N) is 2. The van der Waals surface area contributed by atoms with Gasteiger partial charge in [0.05, 0.1) is 6.26 Å². The van der Waals surface area contributed by atoms with Crippen LogP contribution in [0, 0.1) is 0 Å². The second-order valence-corrected chi connectivity index (χ2v) is 9.22. The van der Waals surface area contributed by atoms with Crippen molar-refractivity contribution in [3.05, 3.63) is 66.2 Å². The molecule has 9 heteroatoms. The Balaban J connectivity index is 1.59. The Morgan fingerprint density at radius 1 is 0.935 bits per heavy atom. The second kappa shape index (κ2) is 7.36. The van der Waals surface area contributed by atoms with E-state index in [9.17, 15) is 23.1 Å². The lowest BCUT2D eigenvalue weighted by molar-refractivity contribution is -0.127. The first kappa shape index (κ1) is 20.8. The molecule has 1 aliphatic rings. The highest BCUT2D eigenvalue weighted by Gasteiger charge is 2.48. The highest BCUT2D eigenvalue weighted by molar-refractivity contribution is 7.86. The largest absolute Gasteiger partial charge is 0.385 e. The van der Waals surface area contributed by atoms with Crippen molar-refractivity contribution in [3.63, 3.8) is 0 Å². The number of aliphatic hydroxyl groups excluding tert-OH is 1. The first-order valence-electron chi connectivity index (χ1n) is 9.40. The Bertz CT molecular complexity index is 1300. The van der Waals surface area contributed by atoms with E-state index in [0.717, 1.165) is 28.2 Å². The monoisotopic (exact) mass is 440 g/mol. The SMILES string of the molecule is CC1(C(O)c2ccc(-c3ccc4cc(OS(C)(=O)=O)ccc4c3)cc2)NC(=O)NC1=O. The third-order valence-electron chi connectivity index (χ3n) is 5.24. The average molecular weight is 440 g/mol. The van der Waals surface area contributed by atoms with Crippen LogP contribution >= 0.6 is 0 Å². The molecule has 0 saturated carbocycles. The van der Waals surface area contributed by atoms with Crippen LogP contribution in [0.25, 0.3) is 21.9 Å². The zero-order valence-corrected chi connectivity index (χ0v) is 17.6. The van der Waals surface area contributed by atoms with Crippen LogP contribution in [-0.2, 0) is 14.9 Å². The lowest BCUT2D eigenvalue weighted by Crippen LogP contribution is -2.49. The van der Waals surface area contributed by atoms with E-state index in [-0.39, 0.29) is 5.75 Å². The summed E-state index contributed by atoms with van der Waals surface area (Å²) < 4.78 is 27.5. The molecule has 0 aliphatic carbocycles. The second-order valence-electron chi connectivity index (χ2n) is 7.65. The summed E-state index contributed by atoms with van der Waals surface area (Å²) >= 11 is 0. The summed E-state index contributed by atoms with van der Waals surface area (Å²) in [5.74, 6) is -0.333. The van der Waals surface area contributed by atoms with E-state index in [0.29, 0.717) is 5.56 Å². The summed E-state index contributed by atoms with van der Waals surface area (Å²) in [4.78, 5) is 23.5. The fourth-order valence-electron chi connectivity index (χ4n) is 3.57. The van der Waals surface area contributed by atoms with Crippen molar-refractivity contribution < 1.29 is 27.3 Å². The van der Waals surface area contributed by atoms with E-state index in [1.807, 2.05) is 30.3 Å². The summed E-state index contributed by atoms with van der Waals surface area (Å²) in [7, 11) is -3.59. The van der Waals surface area contributed by atoms with E-state index in [2.05, 4.69) is 10.6 Å². The van der Waals surface area contributed by atoms with Gasteiger partial charge in [0.2, 0.25) is 0 Å². The maximum absolute atomic E-state index is 12.0. The molecule has 3 aromatic carbocycles. The lowest BCUT2D eigenvalue weighted by Gasteiger charge is -2.27. The third-order valence-corrected chi connectivity index (χ3v) is 5.73. The van der Waals surface area contributed by atoms with Gasteiger partial charge >= 0.3 is 16.1 Å². The van der Waals surface area contributed by atoms with Crippen molar-refractivity contribution in [2.24, 2.45) is 0 Å². The quantitative estimate of drug-likeness (QED) is 0.414. The molecular weight excluding hydrogens is 420 g/mol. The minimum atomic E-state index is -3.59. The van der Waals surface area contributed by atoms with Gasteiger partial charge < -0.3 is 14.6 Å². The number of hydrogen-bond acceptors (Lipinski definition) is 6. The summed E-state index contributed by atoms with van der Waals surface area (Å²) in [6.07, 6.45) is -0.216. The summed E-state index contributed by atoms with van der Waals surface area (Å²) in [6.45, 7) is 1.47. The van der Waals surface area contributed by atoms with E-state index >= 15 is 0 Å². The number of fused-ring (bicyclic) bond motifs is 1. The number of amides is 3. The van der Waals surface area contributed by atoms with Crippen LogP contribution in [-0.4, -0.2) is 37.3 Å². The van der Waals surface area contributed by atoms with Gasteiger partial charge in [-0.2, -0.15) is 8.42 Å². The van der Waals surface area contributed by atoms with Gasteiger partial charge in [0, 0.05) is 0 Å². The van der Waals surface area contributed by atoms with Gasteiger partial charge in [-0.15, -0.1) is 0 Å². The number of imide groups is 1. The van der Waals surface area contributed by atoms with Gasteiger partial charge in [-0.05, 0) is 52.6 Å². The molecule has 1 saturated heterocycles. The molecule has 1 aliphatic heterocycles. The molecule has 8 nitrogen and oxygen atoms in total. The van der Waals surface area contributed by atoms with E-state index in [4.69, 9.17) is 4.18 Å². The van der Waals surface area contributed by atoms with E-state index in [1.165, 1.54) is 6.92 Å². The number of rotatable bonds is 5. The lowest BCUT2D eigenvalue weighted by atomic mass is 9.88. The Morgan fingerprint density at radius 2 is 1.55 bits per heavy atom. The predicted molar refractivity (Wildman–Crippen MR) is 115 cm³/mol. The number of carbonyl (C=O) groups excluding carboxylic acids is 2. The van der Waals surface area contributed by atoms with Crippen LogP contribution < -0.4 is 14.8 Å². The zero-order chi connectivity index (χ0) is 22.4. The molecule has 2 unspecified atom stereocenters. The predicted octanol–water partition coefficient (Wildman–Crippen LogP) is 2.48. The highest BCUT2D eigenvalue weighted by atomic mass is 32.2. The summed E-state index contributed by atoms with van der Waals surface area (Å²) in [6, 6.07) is 17.1. The molecule has 0 aromatic heterocycles. The van der Waals surface area contributed by atoms with Crippen molar-refractivity contribution in [2.75, 3.05) is 6.26 Å². The molecular formula is C22H20N2O6S. The van der Waals surface area contributed by atoms with Gasteiger partial charge in [0.15, 0.2) is 0 Å². The van der Waals surface area contributed by atoms with Crippen LogP contribution in [0.3, 0.4) is 0 Å². The van der Waals surface area contributed by atoms with Gasteiger partial charge in [-0.25, -0.2) is 4.79 Å². The van der Waals surface area contributed by atoms with Crippen LogP contribution in [0.2, 0.25) is 0 Å². The number of urea groups is 1. The van der Waals surface area contributed by atoms with Crippen molar-refractivity contribution in [1.82, 2.24) is 10.6 Å². The van der Waals surface area contributed by atoms with Crippen molar-refractivity contribution in [1.29, 1.82) is 0 Å². The Kier molecular flexibility index (Phi) is 4.95. The minimum Gasteiger partial charge on any atom is -0.385 e. The van der Waals surface area contributed by atoms with Crippen LogP contribution in [0.4, 0.5) is 4.79 Å². The maximum Gasteiger partial charge on any atom is 0.322 e. The Hall–Kier alpha value is -3.43. The topological polar surface area (TPSA) is 122 Å². The van der Waals surface area contributed by atoms with Crippen LogP contribution in [0.1, 0.15) is 18.6 Å². The maximum atomic E-state index is 12.0. The fourth-order valence-corrected chi connectivity index (χ4v) is 4.02. The molecule has 3 aromatic rings.